The van der Waals surface area contributed by atoms with Crippen LogP contribution in [0.5, 0.6) is 5.75 Å². The zero-order valence-corrected chi connectivity index (χ0v) is 12.7. The van der Waals surface area contributed by atoms with Crippen LogP contribution >= 0.6 is 0 Å². The third kappa shape index (κ3) is 3.84. The Bertz CT molecular complexity index is 608. The van der Waals surface area contributed by atoms with E-state index in [9.17, 15) is 13.2 Å². The highest BCUT2D eigenvalue weighted by Gasteiger charge is 2.27. The number of aryl methyl sites for hydroxylation is 1. The van der Waals surface area contributed by atoms with Gasteiger partial charge in [0.25, 0.3) is 0 Å². The Morgan fingerprint density at radius 3 is 2.70 bits per heavy atom. The molecular formula is C14H19NO4S. The van der Waals surface area contributed by atoms with Crippen LogP contribution in [0.3, 0.4) is 0 Å². The number of nitrogens with one attached hydrogen (secondary N) is 1. The van der Waals surface area contributed by atoms with Gasteiger partial charge in [0, 0.05) is 0 Å². The minimum Gasteiger partial charge on any atom is -0.495 e. The molecule has 1 atom stereocenters. The van der Waals surface area contributed by atoms with E-state index >= 15 is 0 Å². The minimum atomic E-state index is -3.53. The first-order chi connectivity index (χ1) is 9.31. The number of amides is 1. The number of carbonyl (C=O) groups is 1. The van der Waals surface area contributed by atoms with Crippen LogP contribution in [0.2, 0.25) is 0 Å². The van der Waals surface area contributed by atoms with Gasteiger partial charge in [-0.1, -0.05) is 12.1 Å². The van der Waals surface area contributed by atoms with Crippen molar-refractivity contribution in [2.75, 3.05) is 18.2 Å². The molecule has 6 heteroatoms. The lowest BCUT2D eigenvalue weighted by molar-refractivity contribution is -0.115. The van der Waals surface area contributed by atoms with Crippen LogP contribution in [-0.4, -0.2) is 32.4 Å². The number of benzene rings is 1. The van der Waals surface area contributed by atoms with E-state index in [-0.39, 0.29) is 5.75 Å². The largest absolute Gasteiger partial charge is 0.495 e. The second-order valence-corrected chi connectivity index (χ2v) is 6.82. The molecule has 0 radical (unpaired) electrons. The van der Waals surface area contributed by atoms with Gasteiger partial charge < -0.3 is 10.1 Å². The number of hydrogen-bond acceptors (Lipinski definition) is 4. The quantitative estimate of drug-likeness (QED) is 0.814. The molecule has 1 amide bonds. The van der Waals surface area contributed by atoms with Crippen LogP contribution in [0, 0.1) is 6.92 Å². The lowest BCUT2D eigenvalue weighted by atomic mass is 10.2. The Morgan fingerprint density at radius 2 is 2.15 bits per heavy atom. The lowest BCUT2D eigenvalue weighted by Crippen LogP contribution is -2.33. The molecule has 110 valence electrons. The van der Waals surface area contributed by atoms with E-state index in [0.717, 1.165) is 5.56 Å². The molecule has 0 heterocycles. The topological polar surface area (TPSA) is 72.5 Å². The van der Waals surface area contributed by atoms with Crippen LogP contribution in [0.4, 0.5) is 5.69 Å². The van der Waals surface area contributed by atoms with Gasteiger partial charge in [0.15, 0.2) is 9.84 Å². The molecule has 0 fully saturated rings. The molecule has 0 spiro atoms. The van der Waals surface area contributed by atoms with Gasteiger partial charge in [-0.3, -0.25) is 4.79 Å². The second-order valence-electron chi connectivity index (χ2n) is 4.45. The van der Waals surface area contributed by atoms with Gasteiger partial charge in [-0.25, -0.2) is 8.42 Å². The fourth-order valence-electron chi connectivity index (χ4n) is 1.63. The summed E-state index contributed by atoms with van der Waals surface area (Å²) >= 11 is 0. The predicted molar refractivity (Wildman–Crippen MR) is 79.8 cm³/mol. The molecule has 0 aliphatic carbocycles. The van der Waals surface area contributed by atoms with Crippen LogP contribution in [-0.2, 0) is 14.6 Å². The Hall–Kier alpha value is -1.82. The van der Waals surface area contributed by atoms with Crippen molar-refractivity contribution in [1.29, 1.82) is 0 Å². The van der Waals surface area contributed by atoms with Crippen molar-refractivity contribution in [3.63, 3.8) is 0 Å². The monoisotopic (exact) mass is 297 g/mol. The van der Waals surface area contributed by atoms with E-state index in [2.05, 4.69) is 11.9 Å². The predicted octanol–water partition coefficient (Wildman–Crippen LogP) is 1.93. The summed E-state index contributed by atoms with van der Waals surface area (Å²) in [5, 5.41) is 1.44. The molecule has 20 heavy (non-hydrogen) atoms. The number of hydrogen-bond donors (Lipinski definition) is 1. The summed E-state index contributed by atoms with van der Waals surface area (Å²) in [6.07, 6.45) is 1.27. The van der Waals surface area contributed by atoms with Crippen molar-refractivity contribution in [2.45, 2.75) is 19.1 Å². The molecule has 1 N–H and O–H groups in total. The standard InChI is InChI=1S/C14H19NO4S/c1-5-8-20(17,18)11(3)14(16)15-12-9-10(2)6-7-13(12)19-4/h5-7,9,11H,1,8H2,2-4H3,(H,15,16). The highest BCUT2D eigenvalue weighted by molar-refractivity contribution is 7.92. The molecule has 1 unspecified atom stereocenters. The van der Waals surface area contributed by atoms with Crippen LogP contribution in [0.1, 0.15) is 12.5 Å². The van der Waals surface area contributed by atoms with E-state index in [1.165, 1.54) is 20.1 Å². The fourth-order valence-corrected chi connectivity index (χ4v) is 2.63. The van der Waals surface area contributed by atoms with Gasteiger partial charge in [-0.05, 0) is 31.5 Å². The van der Waals surface area contributed by atoms with E-state index in [0.29, 0.717) is 11.4 Å². The Balaban J connectivity index is 2.96. The molecule has 5 nitrogen and oxygen atoms in total. The van der Waals surface area contributed by atoms with Crippen molar-refractivity contribution in [2.24, 2.45) is 0 Å². The summed E-state index contributed by atoms with van der Waals surface area (Å²) in [6.45, 7) is 6.61. The summed E-state index contributed by atoms with van der Waals surface area (Å²) in [5.41, 5.74) is 1.39. The zero-order valence-electron chi connectivity index (χ0n) is 11.8. The van der Waals surface area contributed by atoms with Gasteiger partial charge in [-0.2, -0.15) is 0 Å². The number of sulfone groups is 1. The maximum Gasteiger partial charge on any atom is 0.242 e. The Morgan fingerprint density at radius 1 is 1.50 bits per heavy atom. The summed E-state index contributed by atoms with van der Waals surface area (Å²) in [4.78, 5) is 12.0. The second kappa shape index (κ2) is 6.56. The third-order valence-corrected chi connectivity index (χ3v) is 4.86. The molecule has 0 aliphatic rings. The van der Waals surface area contributed by atoms with Gasteiger partial charge in [0.1, 0.15) is 11.0 Å². The summed E-state index contributed by atoms with van der Waals surface area (Å²) in [7, 11) is -2.05. The van der Waals surface area contributed by atoms with Crippen molar-refractivity contribution < 1.29 is 17.9 Å². The molecule has 1 rings (SSSR count). The first-order valence-corrected chi connectivity index (χ1v) is 7.81. The number of methoxy groups -OCH3 is 1. The maximum atomic E-state index is 12.0. The number of rotatable bonds is 6. The van der Waals surface area contributed by atoms with Crippen molar-refractivity contribution >= 4 is 21.4 Å². The van der Waals surface area contributed by atoms with Crippen LogP contribution < -0.4 is 10.1 Å². The molecule has 1 aromatic rings. The normalized spacial score (nSPS) is 12.6. The van der Waals surface area contributed by atoms with E-state index < -0.39 is 21.0 Å². The van der Waals surface area contributed by atoms with Crippen LogP contribution in [0.15, 0.2) is 30.9 Å². The van der Waals surface area contributed by atoms with Gasteiger partial charge in [-0.15, -0.1) is 6.58 Å². The molecule has 0 bridgehead atoms. The molecule has 0 saturated heterocycles. The van der Waals surface area contributed by atoms with E-state index in [4.69, 9.17) is 4.74 Å². The number of carbonyl (C=O) groups excluding carboxylic acids is 1. The first kappa shape index (κ1) is 16.2. The molecular weight excluding hydrogens is 278 g/mol. The summed E-state index contributed by atoms with van der Waals surface area (Å²) in [6, 6.07) is 5.28. The first-order valence-electron chi connectivity index (χ1n) is 6.09. The van der Waals surface area contributed by atoms with E-state index in [1.807, 2.05) is 13.0 Å². The maximum absolute atomic E-state index is 12.0. The smallest absolute Gasteiger partial charge is 0.242 e. The highest BCUT2D eigenvalue weighted by Crippen LogP contribution is 2.25. The molecule has 0 aromatic heterocycles. The Kier molecular flexibility index (Phi) is 5.33. The van der Waals surface area contributed by atoms with Gasteiger partial charge in [0.05, 0.1) is 18.6 Å². The third-order valence-electron chi connectivity index (χ3n) is 2.87. The zero-order chi connectivity index (χ0) is 15.3. The molecule has 0 aliphatic heterocycles. The van der Waals surface area contributed by atoms with Crippen molar-refractivity contribution in [3.8, 4) is 5.75 Å². The fraction of sp³-hybridized carbons (Fsp3) is 0.357. The Labute approximate surface area is 119 Å². The molecule has 1 aromatic carbocycles. The van der Waals surface area contributed by atoms with Gasteiger partial charge >= 0.3 is 0 Å². The number of ether oxygens (including phenoxy) is 1. The van der Waals surface area contributed by atoms with Crippen molar-refractivity contribution in [1.82, 2.24) is 0 Å². The summed E-state index contributed by atoms with van der Waals surface area (Å²) < 4.78 is 28.8. The highest BCUT2D eigenvalue weighted by atomic mass is 32.2. The molecule has 0 saturated carbocycles. The van der Waals surface area contributed by atoms with Crippen LogP contribution in [0.25, 0.3) is 0 Å². The average molecular weight is 297 g/mol. The number of anilines is 1. The lowest BCUT2D eigenvalue weighted by Gasteiger charge is -2.14. The minimum absolute atomic E-state index is 0.230. The van der Waals surface area contributed by atoms with Crippen molar-refractivity contribution in [3.05, 3.63) is 36.4 Å². The average Bonchev–Trinajstić information content (AvgIpc) is 2.38. The van der Waals surface area contributed by atoms with E-state index in [1.54, 1.807) is 12.1 Å². The summed E-state index contributed by atoms with van der Waals surface area (Å²) in [5.74, 6) is -0.333. The SMILES string of the molecule is C=CCS(=O)(=O)C(C)C(=O)Nc1cc(C)ccc1OC. The van der Waals surface area contributed by atoms with Gasteiger partial charge in [0.2, 0.25) is 5.91 Å².